The van der Waals surface area contributed by atoms with E-state index < -0.39 is 35.1 Å². The smallest absolute Gasteiger partial charge is 0.259 e. The summed E-state index contributed by atoms with van der Waals surface area (Å²) in [6.07, 6.45) is 0. The maximum absolute atomic E-state index is 14.0. The number of ether oxygens (including phenoxy) is 1. The minimum Gasteiger partial charge on any atom is -0.505 e. The molecule has 0 aliphatic carbocycles. The second-order valence-corrected chi connectivity index (χ2v) is 19.1. The van der Waals surface area contributed by atoms with E-state index >= 15 is 0 Å². The van der Waals surface area contributed by atoms with Crippen LogP contribution in [-0.2, 0) is 0 Å². The Morgan fingerprint density at radius 1 is 0.380 bits per heavy atom. The summed E-state index contributed by atoms with van der Waals surface area (Å²) in [6.45, 7) is 0. The molecule has 0 bridgehead atoms. The van der Waals surface area contributed by atoms with Gasteiger partial charge in [0.15, 0.2) is 11.5 Å². The molecule has 0 saturated heterocycles. The maximum Gasteiger partial charge on any atom is 0.259 e. The average Bonchev–Trinajstić information content (AvgIpc) is 3.54. The number of azo groups is 2. The molecule has 10 aromatic carbocycles. The summed E-state index contributed by atoms with van der Waals surface area (Å²) >= 11 is 25.1. The minimum atomic E-state index is -0.696. The van der Waals surface area contributed by atoms with E-state index in [9.17, 15) is 29.4 Å². The van der Waals surface area contributed by atoms with E-state index in [2.05, 4.69) is 41.7 Å². The number of carbonyl (C=O) groups excluding carboxylic acids is 4. The van der Waals surface area contributed by atoms with Gasteiger partial charge in [0.05, 0.1) is 21.2 Å². The van der Waals surface area contributed by atoms with Crippen LogP contribution in [-0.4, -0.2) is 33.8 Å². The van der Waals surface area contributed by atoms with Crippen molar-refractivity contribution in [1.29, 1.82) is 0 Å². The lowest BCUT2D eigenvalue weighted by Crippen LogP contribution is -2.13. The highest BCUT2D eigenvalue weighted by Gasteiger charge is 2.23. The Kier molecular flexibility index (Phi) is 15.6. The number of benzene rings is 10. The Morgan fingerprint density at radius 2 is 0.747 bits per heavy atom. The lowest BCUT2D eigenvalue weighted by atomic mass is 10.00. The molecule has 0 fully saturated rings. The molecule has 10 aromatic rings. The SMILES string of the molecule is O=C(Nc1ccccc1)c1ccc2c(N=Nc3cc(Cl)ccc3Cl)c(O)c(C(=O)Nc3ccc(Oc4ccc(NC(=O)c5cc6cc(C(=O)Nc7ccccc7)ccc6c(N=Nc6cc(Cl)ccc6Cl)c5O)cc4)cc3)cc2c1. The first-order chi connectivity index (χ1) is 38.2. The highest BCUT2D eigenvalue weighted by molar-refractivity contribution is 6.35. The van der Waals surface area contributed by atoms with Gasteiger partial charge in [0.25, 0.3) is 23.6 Å². The maximum atomic E-state index is 14.0. The molecule has 0 aliphatic rings. The Labute approximate surface area is 469 Å². The van der Waals surface area contributed by atoms with Crippen molar-refractivity contribution >= 4 is 137 Å². The molecular formula is C60H38Cl4N8O7. The number of hydrogen-bond donors (Lipinski definition) is 6. The molecule has 0 heterocycles. The zero-order chi connectivity index (χ0) is 55.2. The lowest BCUT2D eigenvalue weighted by molar-refractivity contribution is 0.101. The number of fused-ring (bicyclic) bond motifs is 2. The van der Waals surface area contributed by atoms with Crippen LogP contribution in [0.3, 0.4) is 0 Å². The van der Waals surface area contributed by atoms with Crippen LogP contribution in [0.5, 0.6) is 23.0 Å². The number of halogens is 4. The van der Waals surface area contributed by atoms with Crippen LogP contribution in [0.2, 0.25) is 20.1 Å². The van der Waals surface area contributed by atoms with Crippen molar-refractivity contribution in [2.75, 3.05) is 21.3 Å². The molecule has 10 rings (SSSR count). The summed E-state index contributed by atoms with van der Waals surface area (Å²) in [4.78, 5) is 54.5. The van der Waals surface area contributed by atoms with Crippen LogP contribution in [0.25, 0.3) is 21.5 Å². The number of hydrogen-bond acceptors (Lipinski definition) is 11. The molecule has 0 atom stereocenters. The first kappa shape index (κ1) is 52.8. The molecule has 0 radical (unpaired) electrons. The van der Waals surface area contributed by atoms with Crippen LogP contribution in [0.1, 0.15) is 41.4 Å². The van der Waals surface area contributed by atoms with Gasteiger partial charge >= 0.3 is 0 Å². The quantitative estimate of drug-likeness (QED) is 0.0579. The Bertz CT molecular complexity index is 3830. The molecule has 0 aromatic heterocycles. The van der Waals surface area contributed by atoms with E-state index in [0.29, 0.717) is 65.8 Å². The summed E-state index contributed by atoms with van der Waals surface area (Å²) in [6, 6.07) is 52.4. The highest BCUT2D eigenvalue weighted by Crippen LogP contribution is 2.43. The van der Waals surface area contributed by atoms with Crippen LogP contribution >= 0.6 is 46.4 Å². The molecule has 19 heteroatoms. The monoisotopic (exact) mass is 1120 g/mol. The molecule has 0 saturated carbocycles. The molecule has 0 spiro atoms. The predicted molar refractivity (Wildman–Crippen MR) is 310 cm³/mol. The van der Waals surface area contributed by atoms with Gasteiger partial charge in [-0.2, -0.15) is 0 Å². The Balaban J connectivity index is 0.856. The summed E-state index contributed by atoms with van der Waals surface area (Å²) in [5.41, 5.74) is 2.45. The van der Waals surface area contributed by atoms with Crippen molar-refractivity contribution in [2.45, 2.75) is 0 Å². The summed E-state index contributed by atoms with van der Waals surface area (Å²) in [7, 11) is 0. The van der Waals surface area contributed by atoms with Gasteiger partial charge in [-0.15, -0.1) is 20.5 Å². The third-order valence-corrected chi connectivity index (χ3v) is 13.2. The molecule has 0 unspecified atom stereocenters. The number of nitrogens with zero attached hydrogens (tertiary/aromatic N) is 4. The average molecular weight is 1120 g/mol. The number of phenols is 2. The number of phenolic OH excluding ortho intramolecular Hbond substituents is 2. The second-order valence-electron chi connectivity index (χ2n) is 17.4. The molecular weight excluding hydrogens is 1090 g/mol. The predicted octanol–water partition coefficient (Wildman–Crippen LogP) is 17.7. The molecule has 79 heavy (non-hydrogen) atoms. The van der Waals surface area contributed by atoms with Crippen molar-refractivity contribution < 1.29 is 34.1 Å². The molecule has 4 amide bonds. The molecule has 388 valence electrons. The van der Waals surface area contributed by atoms with Crippen molar-refractivity contribution in [3.8, 4) is 23.0 Å². The van der Waals surface area contributed by atoms with Crippen LogP contribution < -0.4 is 26.0 Å². The first-order valence-electron chi connectivity index (χ1n) is 23.8. The molecule has 15 nitrogen and oxygen atoms in total. The largest absolute Gasteiger partial charge is 0.505 e. The number of nitrogens with one attached hydrogen (secondary N) is 4. The van der Waals surface area contributed by atoms with E-state index in [1.807, 2.05) is 12.1 Å². The third kappa shape index (κ3) is 12.3. The van der Waals surface area contributed by atoms with Crippen LogP contribution in [0.15, 0.2) is 215 Å². The van der Waals surface area contributed by atoms with Crippen LogP contribution in [0, 0.1) is 0 Å². The second kappa shape index (κ2) is 23.3. The zero-order valence-electron chi connectivity index (χ0n) is 40.7. The number of rotatable bonds is 14. The van der Waals surface area contributed by atoms with Crippen LogP contribution in [0.4, 0.5) is 45.5 Å². The lowest BCUT2D eigenvalue weighted by Gasteiger charge is -2.13. The number of anilines is 4. The standard InChI is InChI=1S/C60H38Cl4N8O7/c61-37-13-25-49(63)51(31-37)69-71-53-45-23-11-33(57(75)65-39-7-3-1-4-8-39)27-35(45)29-47(55(53)73)59(77)67-41-15-19-43(20-16-41)79-44-21-17-42(18-22-44)68-60(78)48-30-36-28-34(58(76)66-40-9-5-2-6-10-40)12-24-46(36)54(56(48)74)72-70-52-32-38(62)14-26-50(52)64/h1-32,73-74H,(H,65,75)(H,66,76)(H,67,77)(H,68,78). The van der Waals surface area contributed by atoms with E-state index in [0.717, 1.165) is 0 Å². The fourth-order valence-electron chi connectivity index (χ4n) is 8.11. The number of para-hydroxylation sites is 2. The number of aromatic hydroxyl groups is 2. The van der Waals surface area contributed by atoms with E-state index in [1.54, 1.807) is 158 Å². The van der Waals surface area contributed by atoms with Crippen molar-refractivity contribution in [3.63, 3.8) is 0 Å². The fourth-order valence-corrected chi connectivity index (χ4v) is 8.76. The number of amides is 4. The summed E-state index contributed by atoms with van der Waals surface area (Å²) in [5.74, 6) is -2.36. The fraction of sp³-hybridized carbons (Fsp3) is 0. The van der Waals surface area contributed by atoms with Gasteiger partial charge in [-0.1, -0.05) is 94.9 Å². The van der Waals surface area contributed by atoms with Crippen molar-refractivity contribution in [3.05, 3.63) is 236 Å². The van der Waals surface area contributed by atoms with E-state index in [-0.39, 0.29) is 55.0 Å². The van der Waals surface area contributed by atoms with Gasteiger partial charge in [0.1, 0.15) is 34.2 Å². The van der Waals surface area contributed by atoms with Gasteiger partial charge in [-0.3, -0.25) is 19.2 Å². The summed E-state index contributed by atoms with van der Waals surface area (Å²) in [5, 5.41) is 54.4. The summed E-state index contributed by atoms with van der Waals surface area (Å²) < 4.78 is 6.08. The highest BCUT2D eigenvalue weighted by atomic mass is 35.5. The van der Waals surface area contributed by atoms with Crippen molar-refractivity contribution in [1.82, 2.24) is 0 Å². The van der Waals surface area contributed by atoms with E-state index in [1.165, 1.54) is 24.3 Å². The zero-order valence-corrected chi connectivity index (χ0v) is 43.7. The van der Waals surface area contributed by atoms with Gasteiger partial charge in [-0.05, 0) is 156 Å². The van der Waals surface area contributed by atoms with Gasteiger partial charge in [-0.25, -0.2) is 0 Å². The normalized spacial score (nSPS) is 11.2. The van der Waals surface area contributed by atoms with E-state index in [4.69, 9.17) is 51.1 Å². The Hall–Kier alpha value is -9.64. The minimum absolute atomic E-state index is 0.0520. The first-order valence-corrected chi connectivity index (χ1v) is 25.3. The number of carbonyl (C=O) groups is 4. The molecule has 0 aliphatic heterocycles. The van der Waals surface area contributed by atoms with Gasteiger partial charge < -0.3 is 36.2 Å². The van der Waals surface area contributed by atoms with Gasteiger partial charge in [0.2, 0.25) is 0 Å². The molecule has 6 N–H and O–H groups in total. The van der Waals surface area contributed by atoms with Crippen molar-refractivity contribution in [2.24, 2.45) is 20.5 Å². The Morgan fingerprint density at radius 3 is 1.14 bits per heavy atom. The third-order valence-electron chi connectivity index (χ3n) is 12.0. The van der Waals surface area contributed by atoms with Gasteiger partial charge in [0, 0.05) is 54.7 Å². The topological polar surface area (TPSA) is 216 Å².